The van der Waals surface area contributed by atoms with E-state index in [1.165, 1.54) is 0 Å². The molecule has 0 saturated heterocycles. The number of nitrogens with one attached hydrogen (secondary N) is 1. The van der Waals surface area contributed by atoms with E-state index in [0.717, 1.165) is 12.8 Å². The lowest BCUT2D eigenvalue weighted by atomic mass is 9.75. The van der Waals surface area contributed by atoms with Crippen LogP contribution in [-0.2, 0) is 0 Å². The molecule has 2 rings (SSSR count). The lowest BCUT2D eigenvalue weighted by Gasteiger charge is -2.36. The summed E-state index contributed by atoms with van der Waals surface area (Å²) in [7, 11) is 0. The van der Waals surface area contributed by atoms with Crippen LogP contribution in [-0.4, -0.2) is 31.1 Å². The molecule has 0 radical (unpaired) electrons. The van der Waals surface area contributed by atoms with Crippen LogP contribution in [0.25, 0.3) is 0 Å². The topological polar surface area (TPSA) is 102 Å². The van der Waals surface area contributed by atoms with Crippen LogP contribution >= 0.6 is 0 Å². The predicted molar refractivity (Wildman–Crippen MR) is 56.7 cm³/mol. The molecule has 0 aromatic carbocycles. The van der Waals surface area contributed by atoms with Gasteiger partial charge in [0.05, 0.1) is 12.1 Å². The first kappa shape index (κ1) is 9.73. The molecule has 4 atom stereocenters. The SMILES string of the molecule is NCC1CC2N=C(N)NC2CC1CN. The first-order valence-corrected chi connectivity index (χ1v) is 5.24. The fourth-order valence-electron chi connectivity index (χ4n) is 2.62. The van der Waals surface area contributed by atoms with Gasteiger partial charge in [0.1, 0.15) is 0 Å². The third-order valence-corrected chi connectivity index (χ3v) is 3.48. The molecule has 80 valence electrons. The molecule has 4 unspecified atom stereocenters. The molecule has 0 aromatic heterocycles. The molecule has 1 fully saturated rings. The number of nitrogens with zero attached hydrogens (tertiary/aromatic N) is 1. The van der Waals surface area contributed by atoms with Gasteiger partial charge in [-0.1, -0.05) is 0 Å². The van der Waals surface area contributed by atoms with Crippen molar-refractivity contribution in [2.24, 2.45) is 34.0 Å². The molecule has 1 saturated carbocycles. The Kier molecular flexibility index (Phi) is 2.60. The summed E-state index contributed by atoms with van der Waals surface area (Å²) in [4.78, 5) is 4.36. The van der Waals surface area contributed by atoms with Crippen molar-refractivity contribution < 1.29 is 0 Å². The van der Waals surface area contributed by atoms with Crippen molar-refractivity contribution in [2.75, 3.05) is 13.1 Å². The van der Waals surface area contributed by atoms with Gasteiger partial charge in [0, 0.05) is 0 Å². The molecule has 5 heteroatoms. The predicted octanol–water partition coefficient (Wildman–Crippen LogP) is -1.41. The minimum absolute atomic E-state index is 0.325. The van der Waals surface area contributed by atoms with Crippen LogP contribution < -0.4 is 22.5 Å². The van der Waals surface area contributed by atoms with E-state index in [-0.39, 0.29) is 0 Å². The molecular formula is C9H19N5. The average Bonchev–Trinajstić information content (AvgIpc) is 2.54. The fraction of sp³-hybridized carbons (Fsp3) is 0.889. The summed E-state index contributed by atoms with van der Waals surface area (Å²) in [6, 6.07) is 0.720. The number of aliphatic imine (C=N–C) groups is 1. The van der Waals surface area contributed by atoms with Gasteiger partial charge in [0.25, 0.3) is 0 Å². The van der Waals surface area contributed by atoms with E-state index < -0.39 is 0 Å². The summed E-state index contributed by atoms with van der Waals surface area (Å²) in [6.45, 7) is 1.42. The molecule has 0 bridgehead atoms. The van der Waals surface area contributed by atoms with Gasteiger partial charge >= 0.3 is 0 Å². The van der Waals surface area contributed by atoms with Crippen LogP contribution in [0.2, 0.25) is 0 Å². The summed E-state index contributed by atoms with van der Waals surface area (Å²) in [5.74, 6) is 1.61. The van der Waals surface area contributed by atoms with Crippen LogP contribution in [0, 0.1) is 11.8 Å². The highest BCUT2D eigenvalue weighted by Gasteiger charge is 2.38. The minimum atomic E-state index is 0.325. The second-order valence-corrected chi connectivity index (χ2v) is 4.30. The average molecular weight is 197 g/mol. The van der Waals surface area contributed by atoms with E-state index in [9.17, 15) is 0 Å². The van der Waals surface area contributed by atoms with E-state index >= 15 is 0 Å². The molecule has 0 aromatic rings. The minimum Gasteiger partial charge on any atom is -0.370 e. The van der Waals surface area contributed by atoms with Gasteiger partial charge in [0.15, 0.2) is 5.96 Å². The van der Waals surface area contributed by atoms with Crippen molar-refractivity contribution in [1.29, 1.82) is 0 Å². The summed E-state index contributed by atoms with van der Waals surface area (Å²) < 4.78 is 0. The van der Waals surface area contributed by atoms with Crippen LogP contribution in [0.1, 0.15) is 12.8 Å². The van der Waals surface area contributed by atoms with Gasteiger partial charge in [-0.3, -0.25) is 0 Å². The molecule has 1 heterocycles. The van der Waals surface area contributed by atoms with Crippen LogP contribution in [0.5, 0.6) is 0 Å². The number of nitrogens with two attached hydrogens (primary N) is 3. The van der Waals surface area contributed by atoms with Gasteiger partial charge in [-0.15, -0.1) is 0 Å². The highest BCUT2D eigenvalue weighted by Crippen LogP contribution is 2.32. The zero-order valence-corrected chi connectivity index (χ0v) is 8.32. The highest BCUT2D eigenvalue weighted by atomic mass is 15.2. The molecule has 0 amide bonds. The second kappa shape index (κ2) is 3.74. The highest BCUT2D eigenvalue weighted by molar-refractivity contribution is 5.80. The lowest BCUT2D eigenvalue weighted by Crippen LogP contribution is -2.47. The Morgan fingerprint density at radius 1 is 1.21 bits per heavy atom. The molecule has 1 aliphatic heterocycles. The summed E-state index contributed by atoms with van der Waals surface area (Å²) >= 11 is 0. The lowest BCUT2D eigenvalue weighted by molar-refractivity contribution is 0.204. The summed E-state index contributed by atoms with van der Waals surface area (Å²) in [5, 5.41) is 3.20. The number of hydrogen-bond acceptors (Lipinski definition) is 5. The smallest absolute Gasteiger partial charge is 0.189 e. The normalized spacial score (nSPS) is 41.4. The third kappa shape index (κ3) is 1.57. The molecule has 0 spiro atoms. The molecule has 2 aliphatic rings. The molecular weight excluding hydrogens is 178 g/mol. The van der Waals surface area contributed by atoms with Crippen molar-refractivity contribution in [3.05, 3.63) is 0 Å². The Morgan fingerprint density at radius 2 is 1.86 bits per heavy atom. The second-order valence-electron chi connectivity index (χ2n) is 4.30. The zero-order chi connectivity index (χ0) is 10.1. The first-order chi connectivity index (χ1) is 6.74. The fourth-order valence-corrected chi connectivity index (χ4v) is 2.62. The van der Waals surface area contributed by atoms with Crippen molar-refractivity contribution in [2.45, 2.75) is 24.9 Å². The maximum absolute atomic E-state index is 5.73. The van der Waals surface area contributed by atoms with Gasteiger partial charge in [-0.2, -0.15) is 0 Å². The zero-order valence-electron chi connectivity index (χ0n) is 8.32. The Balaban J connectivity index is 2.04. The summed E-state index contributed by atoms with van der Waals surface area (Å²) in [6.07, 6.45) is 2.07. The standard InChI is InChI=1S/C9H19N5/c10-3-5-1-7-8(2-6(5)4-11)14-9(12)13-7/h5-8H,1-4,10-11H2,(H3,12,13,14). The Labute approximate surface area is 84.1 Å². The van der Waals surface area contributed by atoms with Gasteiger partial charge in [0.2, 0.25) is 0 Å². The largest absolute Gasteiger partial charge is 0.370 e. The van der Waals surface area contributed by atoms with E-state index in [1.807, 2.05) is 0 Å². The number of hydrogen-bond donors (Lipinski definition) is 4. The van der Waals surface area contributed by atoms with Crippen molar-refractivity contribution in [1.82, 2.24) is 5.32 Å². The molecule has 14 heavy (non-hydrogen) atoms. The van der Waals surface area contributed by atoms with Crippen LogP contribution in [0.15, 0.2) is 4.99 Å². The Bertz CT molecular complexity index is 239. The molecule has 1 aliphatic carbocycles. The molecule has 5 nitrogen and oxygen atoms in total. The summed E-state index contributed by atoms with van der Waals surface area (Å²) in [5.41, 5.74) is 17.1. The Morgan fingerprint density at radius 3 is 2.50 bits per heavy atom. The Hall–Kier alpha value is -0.810. The van der Waals surface area contributed by atoms with Crippen LogP contribution in [0.4, 0.5) is 0 Å². The van der Waals surface area contributed by atoms with E-state index in [1.54, 1.807) is 0 Å². The first-order valence-electron chi connectivity index (χ1n) is 5.24. The number of rotatable bonds is 2. The third-order valence-electron chi connectivity index (χ3n) is 3.48. The van der Waals surface area contributed by atoms with Gasteiger partial charge in [-0.05, 0) is 37.8 Å². The van der Waals surface area contributed by atoms with Crippen molar-refractivity contribution in [3.63, 3.8) is 0 Å². The van der Waals surface area contributed by atoms with Crippen LogP contribution in [0.3, 0.4) is 0 Å². The number of guanidine groups is 1. The van der Waals surface area contributed by atoms with Gasteiger partial charge < -0.3 is 22.5 Å². The monoisotopic (exact) mass is 197 g/mol. The van der Waals surface area contributed by atoms with Crippen molar-refractivity contribution in [3.8, 4) is 0 Å². The van der Waals surface area contributed by atoms with Crippen molar-refractivity contribution >= 4 is 5.96 Å². The number of fused-ring (bicyclic) bond motifs is 1. The van der Waals surface area contributed by atoms with E-state index in [0.29, 0.717) is 43.0 Å². The quantitative estimate of drug-likeness (QED) is 0.436. The van der Waals surface area contributed by atoms with Gasteiger partial charge in [-0.25, -0.2) is 4.99 Å². The molecule has 7 N–H and O–H groups in total. The van der Waals surface area contributed by atoms with E-state index in [2.05, 4.69) is 10.3 Å². The van der Waals surface area contributed by atoms with E-state index in [4.69, 9.17) is 17.2 Å². The maximum atomic E-state index is 5.73. The maximum Gasteiger partial charge on any atom is 0.189 e.